The molecule has 2 rings (SSSR count). The van der Waals surface area contributed by atoms with Crippen LogP contribution >= 0.6 is 27.3 Å². The van der Waals surface area contributed by atoms with Crippen LogP contribution in [0, 0.1) is 13.8 Å². The number of carboxylic acids is 1. The van der Waals surface area contributed by atoms with E-state index in [9.17, 15) is 18.3 Å². The highest BCUT2D eigenvalue weighted by Crippen LogP contribution is 2.30. The molecular weight excluding hydrogens is 378 g/mol. The van der Waals surface area contributed by atoms with Gasteiger partial charge < -0.3 is 5.11 Å². The van der Waals surface area contributed by atoms with Crippen LogP contribution in [0.15, 0.2) is 32.3 Å². The van der Waals surface area contributed by atoms with Crippen molar-refractivity contribution in [3.05, 3.63) is 44.7 Å². The predicted octanol–water partition coefficient (Wildman–Crippen LogP) is 3.63. The minimum atomic E-state index is -3.81. The van der Waals surface area contributed by atoms with Crippen molar-refractivity contribution in [2.45, 2.75) is 18.1 Å². The lowest BCUT2D eigenvalue weighted by Crippen LogP contribution is -2.16. The Morgan fingerprint density at radius 3 is 2.48 bits per heavy atom. The van der Waals surface area contributed by atoms with E-state index in [1.54, 1.807) is 26.0 Å². The van der Waals surface area contributed by atoms with E-state index < -0.39 is 16.0 Å². The van der Waals surface area contributed by atoms with Gasteiger partial charge in [0.2, 0.25) is 0 Å². The topological polar surface area (TPSA) is 83.5 Å². The number of hydrogen-bond acceptors (Lipinski definition) is 4. The van der Waals surface area contributed by atoms with E-state index in [1.165, 1.54) is 12.1 Å². The number of anilines is 1. The molecule has 2 N–H and O–H groups in total. The summed E-state index contributed by atoms with van der Waals surface area (Å²) in [4.78, 5) is 11.3. The number of benzene rings is 1. The zero-order valence-electron chi connectivity index (χ0n) is 11.2. The lowest BCUT2D eigenvalue weighted by Gasteiger charge is -2.13. The molecule has 2 aromatic rings. The molecule has 0 saturated heterocycles. The molecule has 0 aliphatic carbocycles. The first-order chi connectivity index (χ1) is 9.70. The molecule has 21 heavy (non-hydrogen) atoms. The van der Waals surface area contributed by atoms with E-state index in [4.69, 9.17) is 0 Å². The average Bonchev–Trinajstić information content (AvgIpc) is 2.79. The first-order valence-corrected chi connectivity index (χ1v) is 8.92. The zero-order chi connectivity index (χ0) is 15.8. The van der Waals surface area contributed by atoms with Crippen molar-refractivity contribution in [1.29, 1.82) is 0 Å². The van der Waals surface area contributed by atoms with Crippen molar-refractivity contribution < 1.29 is 18.3 Å². The van der Waals surface area contributed by atoms with Gasteiger partial charge in [0.1, 0.15) is 4.21 Å². The van der Waals surface area contributed by atoms with Crippen molar-refractivity contribution in [2.75, 3.05) is 4.72 Å². The van der Waals surface area contributed by atoms with Gasteiger partial charge in [0.25, 0.3) is 10.0 Å². The summed E-state index contributed by atoms with van der Waals surface area (Å²) in [5.41, 5.74) is 1.35. The monoisotopic (exact) mass is 389 g/mol. The number of halogens is 1. The number of hydrogen-bond donors (Lipinski definition) is 2. The molecule has 112 valence electrons. The predicted molar refractivity (Wildman–Crippen MR) is 85.7 cm³/mol. The maximum absolute atomic E-state index is 12.3. The zero-order valence-corrected chi connectivity index (χ0v) is 14.4. The number of rotatable bonds is 4. The fourth-order valence-electron chi connectivity index (χ4n) is 1.90. The Bertz CT molecular complexity index is 812. The van der Waals surface area contributed by atoms with Crippen LogP contribution in [0.1, 0.15) is 21.5 Å². The summed E-state index contributed by atoms with van der Waals surface area (Å²) in [5.74, 6) is -1.17. The summed E-state index contributed by atoms with van der Waals surface area (Å²) < 4.78 is 27.8. The molecule has 0 atom stereocenters. The van der Waals surface area contributed by atoms with Crippen LogP contribution in [0.25, 0.3) is 0 Å². The van der Waals surface area contributed by atoms with Gasteiger partial charge >= 0.3 is 5.97 Å². The van der Waals surface area contributed by atoms with Crippen molar-refractivity contribution in [1.82, 2.24) is 0 Å². The highest BCUT2D eigenvalue weighted by molar-refractivity contribution is 9.11. The largest absolute Gasteiger partial charge is 0.478 e. The van der Waals surface area contributed by atoms with E-state index in [-0.39, 0.29) is 15.5 Å². The van der Waals surface area contributed by atoms with Crippen molar-refractivity contribution in [2.24, 2.45) is 0 Å². The molecule has 0 saturated carbocycles. The van der Waals surface area contributed by atoms with Crippen LogP contribution in [0.4, 0.5) is 5.69 Å². The number of nitrogens with one attached hydrogen (secondary N) is 1. The maximum atomic E-state index is 12.3. The van der Waals surface area contributed by atoms with Gasteiger partial charge in [0, 0.05) is 0 Å². The van der Waals surface area contributed by atoms with Crippen LogP contribution in [0.2, 0.25) is 0 Å². The van der Waals surface area contributed by atoms with E-state index >= 15 is 0 Å². The standard InChI is InChI=1S/C13H12BrNO4S2/c1-7-5-8(2)12(9(6-7)13(16)17)15-21(18,19)11-4-3-10(14)20-11/h3-6,15H,1-2H3,(H,16,17). The van der Waals surface area contributed by atoms with Gasteiger partial charge in [-0.25, -0.2) is 13.2 Å². The fraction of sp³-hybridized carbons (Fsp3) is 0.154. The van der Waals surface area contributed by atoms with Gasteiger partial charge in [-0.15, -0.1) is 11.3 Å². The van der Waals surface area contributed by atoms with Crippen LogP contribution in [-0.2, 0) is 10.0 Å². The third kappa shape index (κ3) is 3.45. The molecular formula is C13H12BrNO4S2. The van der Waals surface area contributed by atoms with Crippen molar-refractivity contribution in [3.8, 4) is 0 Å². The average molecular weight is 390 g/mol. The van der Waals surface area contributed by atoms with E-state index in [0.717, 1.165) is 16.9 Å². The van der Waals surface area contributed by atoms with Crippen LogP contribution in [0.5, 0.6) is 0 Å². The van der Waals surface area contributed by atoms with Crippen molar-refractivity contribution in [3.63, 3.8) is 0 Å². The number of aromatic carboxylic acids is 1. The minimum absolute atomic E-state index is 0.0632. The second-order valence-corrected chi connectivity index (χ2v) is 8.85. The molecule has 0 amide bonds. The Morgan fingerprint density at radius 2 is 1.95 bits per heavy atom. The molecule has 1 aromatic carbocycles. The SMILES string of the molecule is Cc1cc(C)c(NS(=O)(=O)c2ccc(Br)s2)c(C(=O)O)c1. The summed E-state index contributed by atoms with van der Waals surface area (Å²) in [6, 6.07) is 6.26. The van der Waals surface area contributed by atoms with Gasteiger partial charge in [-0.1, -0.05) is 6.07 Å². The molecule has 0 fully saturated rings. The highest BCUT2D eigenvalue weighted by atomic mass is 79.9. The molecule has 0 bridgehead atoms. The van der Waals surface area contributed by atoms with Crippen LogP contribution < -0.4 is 4.72 Å². The van der Waals surface area contributed by atoms with Gasteiger partial charge in [0.05, 0.1) is 15.0 Å². The second kappa shape index (κ2) is 5.78. The molecule has 0 radical (unpaired) electrons. The first-order valence-electron chi connectivity index (χ1n) is 5.83. The van der Waals surface area contributed by atoms with Crippen LogP contribution in [-0.4, -0.2) is 19.5 Å². The molecule has 0 aliphatic rings. The fourth-order valence-corrected chi connectivity index (χ4v) is 5.06. The van der Waals surface area contributed by atoms with E-state index in [0.29, 0.717) is 9.35 Å². The molecule has 5 nitrogen and oxygen atoms in total. The summed E-state index contributed by atoms with van der Waals surface area (Å²) in [6.45, 7) is 3.43. The highest BCUT2D eigenvalue weighted by Gasteiger charge is 2.22. The van der Waals surface area contributed by atoms with Gasteiger partial charge in [-0.3, -0.25) is 4.72 Å². The summed E-state index contributed by atoms with van der Waals surface area (Å²) >= 11 is 4.26. The molecule has 8 heteroatoms. The molecule has 0 aliphatic heterocycles. The minimum Gasteiger partial charge on any atom is -0.478 e. The normalized spacial score (nSPS) is 11.4. The number of aryl methyl sites for hydroxylation is 2. The number of carboxylic acid groups (broad SMARTS) is 1. The quantitative estimate of drug-likeness (QED) is 0.835. The van der Waals surface area contributed by atoms with E-state index in [1.807, 2.05) is 0 Å². The third-order valence-electron chi connectivity index (χ3n) is 2.76. The Morgan fingerprint density at radius 1 is 1.29 bits per heavy atom. The number of thiophene rings is 1. The number of carbonyl (C=O) groups is 1. The maximum Gasteiger partial charge on any atom is 0.337 e. The Hall–Kier alpha value is -1.38. The smallest absolute Gasteiger partial charge is 0.337 e. The Labute approximate surface area is 134 Å². The first kappa shape index (κ1) is 16.0. The van der Waals surface area contributed by atoms with E-state index in [2.05, 4.69) is 20.7 Å². The Balaban J connectivity index is 2.51. The number of sulfonamides is 1. The summed E-state index contributed by atoms with van der Waals surface area (Å²) in [6.07, 6.45) is 0. The second-order valence-electron chi connectivity index (χ2n) is 4.47. The van der Waals surface area contributed by atoms with Crippen molar-refractivity contribution >= 4 is 48.9 Å². The molecule has 1 heterocycles. The Kier molecular flexibility index (Phi) is 4.40. The lowest BCUT2D eigenvalue weighted by molar-refractivity contribution is 0.0698. The molecule has 0 spiro atoms. The van der Waals surface area contributed by atoms with Crippen LogP contribution in [0.3, 0.4) is 0 Å². The van der Waals surface area contributed by atoms with Gasteiger partial charge in [-0.05, 0) is 59.1 Å². The third-order valence-corrected chi connectivity index (χ3v) is 6.23. The lowest BCUT2D eigenvalue weighted by atomic mass is 10.0. The summed E-state index contributed by atoms with van der Waals surface area (Å²) in [5, 5.41) is 9.25. The molecule has 1 aromatic heterocycles. The van der Waals surface area contributed by atoms with Gasteiger partial charge in [-0.2, -0.15) is 0 Å². The summed E-state index contributed by atoms with van der Waals surface area (Å²) in [7, 11) is -3.81. The van der Waals surface area contributed by atoms with Gasteiger partial charge in [0.15, 0.2) is 0 Å². The molecule has 0 unspecified atom stereocenters.